The molecule has 2 aliphatic heterocycles. The van der Waals surface area contributed by atoms with E-state index < -0.39 is 0 Å². The molecule has 2 saturated heterocycles. The average molecular weight is 301 g/mol. The van der Waals surface area contributed by atoms with Gasteiger partial charge in [-0.1, -0.05) is 12.1 Å². The molecular weight excluding hydrogens is 282 g/mol. The van der Waals surface area contributed by atoms with Crippen molar-refractivity contribution in [3.63, 3.8) is 0 Å². The molecule has 110 valence electrons. The molecule has 2 aromatic rings. The highest BCUT2D eigenvalue weighted by Crippen LogP contribution is 2.37. The Bertz CT molecular complexity index is 629. The Balaban J connectivity index is 1.62. The van der Waals surface area contributed by atoms with Crippen LogP contribution < -0.4 is 5.32 Å². The van der Waals surface area contributed by atoms with Gasteiger partial charge in [0.1, 0.15) is 5.01 Å². The number of carbonyl (C=O) groups excluding carboxylic acids is 1. The first-order valence-corrected chi connectivity index (χ1v) is 8.51. The molecule has 2 unspecified atom stereocenters. The number of hydrogen-bond donors (Lipinski definition) is 1. The Morgan fingerprint density at radius 1 is 1.33 bits per heavy atom. The average Bonchev–Trinajstić information content (AvgIpc) is 3.24. The molecule has 1 aromatic heterocycles. The second kappa shape index (κ2) is 5.39. The number of thiazole rings is 1. The zero-order valence-corrected chi connectivity index (χ0v) is 12.7. The molecule has 2 atom stereocenters. The van der Waals surface area contributed by atoms with Gasteiger partial charge in [0.05, 0.1) is 22.2 Å². The van der Waals surface area contributed by atoms with Gasteiger partial charge in [-0.2, -0.15) is 0 Å². The van der Waals surface area contributed by atoms with Crippen molar-refractivity contribution in [1.82, 2.24) is 15.2 Å². The molecule has 0 bridgehead atoms. The molecule has 4 nitrogen and oxygen atoms in total. The Morgan fingerprint density at radius 3 is 3.05 bits per heavy atom. The minimum Gasteiger partial charge on any atom is -0.333 e. The van der Waals surface area contributed by atoms with E-state index in [-0.39, 0.29) is 12.0 Å². The maximum absolute atomic E-state index is 12.7. The van der Waals surface area contributed by atoms with Crippen LogP contribution >= 0.6 is 11.3 Å². The van der Waals surface area contributed by atoms with E-state index in [0.29, 0.717) is 5.91 Å². The molecule has 3 heterocycles. The monoisotopic (exact) mass is 301 g/mol. The van der Waals surface area contributed by atoms with Gasteiger partial charge in [0, 0.05) is 13.1 Å². The summed E-state index contributed by atoms with van der Waals surface area (Å²) in [5.74, 6) is 0.488. The molecule has 0 radical (unpaired) electrons. The molecule has 2 fully saturated rings. The van der Waals surface area contributed by atoms with Crippen LogP contribution in [0.25, 0.3) is 10.2 Å². The summed E-state index contributed by atoms with van der Waals surface area (Å²) in [5.41, 5.74) is 1.05. The van der Waals surface area contributed by atoms with Crippen LogP contribution in [0.4, 0.5) is 0 Å². The maximum Gasteiger partial charge on any atom is 0.227 e. The fourth-order valence-electron chi connectivity index (χ4n) is 3.42. The van der Waals surface area contributed by atoms with Crippen LogP contribution in [0.2, 0.25) is 0 Å². The van der Waals surface area contributed by atoms with Crippen molar-refractivity contribution in [2.45, 2.75) is 25.3 Å². The van der Waals surface area contributed by atoms with Crippen LogP contribution in [0.15, 0.2) is 24.3 Å². The van der Waals surface area contributed by atoms with E-state index in [1.54, 1.807) is 11.3 Å². The first-order valence-electron chi connectivity index (χ1n) is 7.69. The lowest BCUT2D eigenvalue weighted by Crippen LogP contribution is -2.36. The third kappa shape index (κ3) is 2.34. The molecule has 1 amide bonds. The van der Waals surface area contributed by atoms with E-state index in [9.17, 15) is 4.79 Å². The third-order valence-corrected chi connectivity index (χ3v) is 5.68. The standard InChI is InChI=1S/C16H19N3OS/c20-16(11-7-8-17-10-11)19-9-3-5-13(19)15-18-12-4-1-2-6-14(12)21-15/h1-2,4,6,11,13,17H,3,5,7-10H2. The van der Waals surface area contributed by atoms with Crippen molar-refractivity contribution in [1.29, 1.82) is 0 Å². The van der Waals surface area contributed by atoms with Gasteiger partial charge in [-0.05, 0) is 37.9 Å². The van der Waals surface area contributed by atoms with Crippen LogP contribution in [0.3, 0.4) is 0 Å². The Kier molecular flexibility index (Phi) is 3.39. The molecule has 0 spiro atoms. The fourth-order valence-corrected chi connectivity index (χ4v) is 4.54. The number of fused-ring (bicyclic) bond motifs is 1. The Morgan fingerprint density at radius 2 is 2.24 bits per heavy atom. The van der Waals surface area contributed by atoms with Gasteiger partial charge < -0.3 is 10.2 Å². The number of para-hydroxylation sites is 1. The second-order valence-electron chi connectivity index (χ2n) is 5.90. The summed E-state index contributed by atoms with van der Waals surface area (Å²) in [6.45, 7) is 2.69. The van der Waals surface area contributed by atoms with Crippen LogP contribution in [0.5, 0.6) is 0 Å². The highest BCUT2D eigenvalue weighted by atomic mass is 32.1. The summed E-state index contributed by atoms with van der Waals surface area (Å²) in [5, 5.41) is 4.40. The van der Waals surface area contributed by atoms with Crippen LogP contribution in [-0.4, -0.2) is 35.4 Å². The molecule has 1 aromatic carbocycles. The summed E-state index contributed by atoms with van der Waals surface area (Å²) in [6.07, 6.45) is 3.11. The predicted molar refractivity (Wildman–Crippen MR) is 84.3 cm³/mol. The first kappa shape index (κ1) is 13.2. The number of hydrogen-bond acceptors (Lipinski definition) is 4. The SMILES string of the molecule is O=C(C1CCNC1)N1CCCC1c1nc2ccccc2s1. The fraction of sp³-hybridized carbons (Fsp3) is 0.500. The first-order chi connectivity index (χ1) is 10.3. The zero-order chi connectivity index (χ0) is 14.2. The van der Waals surface area contributed by atoms with Gasteiger partial charge in [0.25, 0.3) is 0 Å². The van der Waals surface area contributed by atoms with E-state index >= 15 is 0 Å². The van der Waals surface area contributed by atoms with Gasteiger partial charge in [0.2, 0.25) is 5.91 Å². The predicted octanol–water partition coefficient (Wildman–Crippen LogP) is 2.57. The van der Waals surface area contributed by atoms with Crippen molar-refractivity contribution < 1.29 is 4.79 Å². The third-order valence-electron chi connectivity index (χ3n) is 4.54. The molecule has 1 N–H and O–H groups in total. The van der Waals surface area contributed by atoms with E-state index in [2.05, 4.69) is 22.3 Å². The lowest BCUT2D eigenvalue weighted by molar-refractivity contribution is -0.135. The Hall–Kier alpha value is -1.46. The van der Waals surface area contributed by atoms with E-state index in [1.165, 1.54) is 4.70 Å². The normalized spacial score (nSPS) is 25.8. The topological polar surface area (TPSA) is 45.2 Å². The summed E-state index contributed by atoms with van der Waals surface area (Å²) in [6, 6.07) is 8.42. The van der Waals surface area contributed by atoms with Gasteiger partial charge in [-0.25, -0.2) is 4.98 Å². The van der Waals surface area contributed by atoms with Crippen molar-refractivity contribution in [3.05, 3.63) is 29.3 Å². The highest BCUT2D eigenvalue weighted by Gasteiger charge is 2.36. The van der Waals surface area contributed by atoms with Crippen molar-refractivity contribution in [2.75, 3.05) is 19.6 Å². The number of amides is 1. The van der Waals surface area contributed by atoms with Gasteiger partial charge in [-0.3, -0.25) is 4.79 Å². The molecule has 4 rings (SSSR count). The Labute approximate surface area is 128 Å². The maximum atomic E-state index is 12.7. The van der Waals surface area contributed by atoms with Crippen molar-refractivity contribution in [3.8, 4) is 0 Å². The van der Waals surface area contributed by atoms with Crippen LogP contribution in [0, 0.1) is 5.92 Å². The summed E-state index contributed by atoms with van der Waals surface area (Å²) in [7, 11) is 0. The second-order valence-corrected chi connectivity index (χ2v) is 6.96. The quantitative estimate of drug-likeness (QED) is 0.927. The van der Waals surface area contributed by atoms with Gasteiger partial charge in [-0.15, -0.1) is 11.3 Å². The van der Waals surface area contributed by atoms with Crippen LogP contribution in [-0.2, 0) is 4.79 Å². The molecule has 2 aliphatic rings. The smallest absolute Gasteiger partial charge is 0.227 e. The molecule has 21 heavy (non-hydrogen) atoms. The summed E-state index contributed by atoms with van der Waals surface area (Å²) >= 11 is 1.74. The number of aromatic nitrogens is 1. The minimum atomic E-state index is 0.167. The van der Waals surface area contributed by atoms with E-state index in [1.807, 2.05) is 12.1 Å². The van der Waals surface area contributed by atoms with Gasteiger partial charge >= 0.3 is 0 Å². The van der Waals surface area contributed by atoms with Crippen LogP contribution in [0.1, 0.15) is 30.3 Å². The summed E-state index contributed by atoms with van der Waals surface area (Å²) in [4.78, 5) is 19.6. The summed E-state index contributed by atoms with van der Waals surface area (Å²) < 4.78 is 1.22. The van der Waals surface area contributed by atoms with Crippen molar-refractivity contribution in [2.24, 2.45) is 5.92 Å². The molecule has 0 saturated carbocycles. The van der Waals surface area contributed by atoms with Gasteiger partial charge in [0.15, 0.2) is 0 Å². The lowest BCUT2D eigenvalue weighted by atomic mass is 10.1. The number of nitrogens with one attached hydrogen (secondary N) is 1. The van der Waals surface area contributed by atoms with E-state index in [4.69, 9.17) is 4.98 Å². The largest absolute Gasteiger partial charge is 0.333 e. The van der Waals surface area contributed by atoms with Crippen molar-refractivity contribution >= 4 is 27.5 Å². The highest BCUT2D eigenvalue weighted by molar-refractivity contribution is 7.18. The number of rotatable bonds is 2. The number of carbonyl (C=O) groups is 1. The number of likely N-dealkylation sites (tertiary alicyclic amines) is 1. The van der Waals surface area contributed by atoms with E-state index in [0.717, 1.165) is 49.4 Å². The number of benzene rings is 1. The lowest BCUT2D eigenvalue weighted by Gasteiger charge is -2.25. The molecular formula is C16H19N3OS. The number of nitrogens with zero attached hydrogens (tertiary/aromatic N) is 2. The molecule has 0 aliphatic carbocycles. The minimum absolute atomic E-state index is 0.167. The molecule has 5 heteroatoms. The zero-order valence-electron chi connectivity index (χ0n) is 11.9.